The van der Waals surface area contributed by atoms with Crippen molar-refractivity contribution in [2.24, 2.45) is 5.92 Å². The summed E-state index contributed by atoms with van der Waals surface area (Å²) < 4.78 is 4.78. The van der Waals surface area contributed by atoms with Gasteiger partial charge in [0.05, 0.1) is 0 Å². The van der Waals surface area contributed by atoms with Gasteiger partial charge in [0, 0.05) is 6.08 Å². The van der Waals surface area contributed by atoms with Gasteiger partial charge in [-0.3, -0.25) is 0 Å². The van der Waals surface area contributed by atoms with E-state index in [9.17, 15) is 4.79 Å². The van der Waals surface area contributed by atoms with Crippen molar-refractivity contribution in [3.8, 4) is 0 Å². The Bertz CT molecular complexity index is 199. The van der Waals surface area contributed by atoms with E-state index >= 15 is 0 Å². The molecule has 0 atom stereocenters. The van der Waals surface area contributed by atoms with Gasteiger partial charge in [-0.05, 0) is 18.1 Å². The van der Waals surface area contributed by atoms with Crippen LogP contribution in [0, 0.1) is 5.92 Å². The van der Waals surface area contributed by atoms with Gasteiger partial charge < -0.3 is 4.74 Å². The molecule has 0 aromatic rings. The maximum Gasteiger partial charge on any atom is 0.336 e. The first-order valence-corrected chi connectivity index (χ1v) is 3.30. The number of cyclic esters (lactones) is 1. The highest BCUT2D eigenvalue weighted by atomic mass is 16.5. The molecule has 0 bridgehead atoms. The molecule has 0 saturated heterocycles. The molecule has 2 heteroatoms. The molecule has 0 N–H and O–H groups in total. The molecule has 54 valence electrons. The van der Waals surface area contributed by atoms with Crippen LogP contribution in [0.5, 0.6) is 0 Å². The molecule has 1 aliphatic rings. The van der Waals surface area contributed by atoms with Crippen LogP contribution in [0.1, 0.15) is 13.8 Å². The molecule has 0 fully saturated rings. The topological polar surface area (TPSA) is 26.3 Å². The van der Waals surface area contributed by atoms with E-state index in [0.717, 1.165) is 0 Å². The molecular formula is C8H10O2. The van der Waals surface area contributed by atoms with Gasteiger partial charge in [0.2, 0.25) is 0 Å². The maximum absolute atomic E-state index is 10.5. The number of allylic oxidation sites excluding steroid dienone is 2. The van der Waals surface area contributed by atoms with Crippen LogP contribution in [0.15, 0.2) is 24.0 Å². The van der Waals surface area contributed by atoms with Gasteiger partial charge in [-0.1, -0.05) is 13.8 Å². The number of hydrogen-bond donors (Lipinski definition) is 0. The van der Waals surface area contributed by atoms with E-state index in [2.05, 4.69) is 0 Å². The summed E-state index contributed by atoms with van der Waals surface area (Å²) in [5, 5.41) is 0. The van der Waals surface area contributed by atoms with Crippen molar-refractivity contribution in [1.82, 2.24) is 0 Å². The lowest BCUT2D eigenvalue weighted by atomic mass is 10.2. The predicted molar refractivity (Wildman–Crippen MR) is 38.2 cm³/mol. The monoisotopic (exact) mass is 138 g/mol. The van der Waals surface area contributed by atoms with Gasteiger partial charge in [-0.15, -0.1) is 0 Å². The van der Waals surface area contributed by atoms with Gasteiger partial charge >= 0.3 is 5.97 Å². The van der Waals surface area contributed by atoms with Crippen LogP contribution >= 0.6 is 0 Å². The van der Waals surface area contributed by atoms with E-state index < -0.39 is 0 Å². The van der Waals surface area contributed by atoms with Crippen molar-refractivity contribution < 1.29 is 9.53 Å². The number of rotatable bonds is 1. The molecule has 2 nitrogen and oxygen atoms in total. The standard InChI is InChI=1S/C8H10O2/c1-6(2)5-7-3-4-8(9)10-7/h3-6H,1-2H3/b7-5+. The quantitative estimate of drug-likeness (QED) is 0.515. The third kappa shape index (κ3) is 1.72. The van der Waals surface area contributed by atoms with Crippen LogP contribution in [-0.4, -0.2) is 5.97 Å². The summed E-state index contributed by atoms with van der Waals surface area (Å²) in [6, 6.07) is 0. The predicted octanol–water partition coefficient (Wildman–Crippen LogP) is 1.64. The summed E-state index contributed by atoms with van der Waals surface area (Å²) in [7, 11) is 0. The molecule has 0 aromatic carbocycles. The summed E-state index contributed by atoms with van der Waals surface area (Å²) in [5.41, 5.74) is 0. The van der Waals surface area contributed by atoms with Gasteiger partial charge in [0.15, 0.2) is 0 Å². The van der Waals surface area contributed by atoms with E-state index in [1.807, 2.05) is 19.9 Å². The van der Waals surface area contributed by atoms with Crippen molar-refractivity contribution in [1.29, 1.82) is 0 Å². The number of carbonyl (C=O) groups is 1. The van der Waals surface area contributed by atoms with Crippen molar-refractivity contribution in [3.05, 3.63) is 24.0 Å². The minimum Gasteiger partial charge on any atom is -0.424 e. The lowest BCUT2D eigenvalue weighted by Gasteiger charge is -1.97. The zero-order valence-corrected chi connectivity index (χ0v) is 6.13. The van der Waals surface area contributed by atoms with Crippen molar-refractivity contribution in [2.75, 3.05) is 0 Å². The number of hydrogen-bond acceptors (Lipinski definition) is 2. The third-order valence-electron chi connectivity index (χ3n) is 1.10. The first-order valence-electron chi connectivity index (χ1n) is 3.30. The Kier molecular flexibility index (Phi) is 1.90. The second-order valence-electron chi connectivity index (χ2n) is 2.57. The highest BCUT2D eigenvalue weighted by molar-refractivity contribution is 5.86. The number of esters is 1. The lowest BCUT2D eigenvalue weighted by molar-refractivity contribution is -0.132. The highest BCUT2D eigenvalue weighted by Gasteiger charge is 2.08. The SMILES string of the molecule is CC(C)/C=C1\C=CC(=O)O1. The van der Waals surface area contributed by atoms with Crippen LogP contribution in [0.3, 0.4) is 0 Å². The van der Waals surface area contributed by atoms with E-state index in [4.69, 9.17) is 4.74 Å². The summed E-state index contributed by atoms with van der Waals surface area (Å²) in [5.74, 6) is 0.817. The van der Waals surface area contributed by atoms with E-state index in [1.54, 1.807) is 6.08 Å². The molecule has 0 spiro atoms. The normalized spacial score (nSPS) is 20.7. The van der Waals surface area contributed by atoms with Gasteiger partial charge in [0.25, 0.3) is 0 Å². The molecule has 1 heterocycles. The maximum atomic E-state index is 10.5. The van der Waals surface area contributed by atoms with Gasteiger partial charge in [0.1, 0.15) is 5.76 Å². The fraction of sp³-hybridized carbons (Fsp3) is 0.375. The molecule has 0 radical (unpaired) electrons. The number of ether oxygens (including phenoxy) is 1. The smallest absolute Gasteiger partial charge is 0.336 e. The molecular weight excluding hydrogens is 128 g/mol. The fourth-order valence-corrected chi connectivity index (χ4v) is 0.752. The Morgan fingerprint density at radius 2 is 2.20 bits per heavy atom. The van der Waals surface area contributed by atoms with E-state index in [-0.39, 0.29) is 5.97 Å². The number of carbonyl (C=O) groups excluding carboxylic acids is 1. The Balaban J connectivity index is 2.62. The van der Waals surface area contributed by atoms with Crippen molar-refractivity contribution in [2.45, 2.75) is 13.8 Å². The molecule has 0 saturated carbocycles. The van der Waals surface area contributed by atoms with Crippen LogP contribution in [0.25, 0.3) is 0 Å². The van der Waals surface area contributed by atoms with Crippen LogP contribution < -0.4 is 0 Å². The lowest BCUT2D eigenvalue weighted by Crippen LogP contribution is -1.91. The van der Waals surface area contributed by atoms with Crippen LogP contribution in [0.2, 0.25) is 0 Å². The Labute approximate surface area is 60.2 Å². The van der Waals surface area contributed by atoms with Gasteiger partial charge in [-0.2, -0.15) is 0 Å². The minimum absolute atomic E-state index is 0.271. The molecule has 0 aliphatic carbocycles. The summed E-state index contributed by atoms with van der Waals surface area (Å²) in [6.07, 6.45) is 5.01. The minimum atomic E-state index is -0.271. The molecule has 0 aromatic heterocycles. The zero-order valence-electron chi connectivity index (χ0n) is 6.13. The first-order chi connectivity index (χ1) is 4.68. The Morgan fingerprint density at radius 1 is 1.50 bits per heavy atom. The average Bonchev–Trinajstić information content (AvgIpc) is 2.13. The van der Waals surface area contributed by atoms with E-state index in [1.165, 1.54) is 6.08 Å². The highest BCUT2D eigenvalue weighted by Crippen LogP contribution is 2.11. The largest absolute Gasteiger partial charge is 0.424 e. The first kappa shape index (κ1) is 7.06. The molecule has 10 heavy (non-hydrogen) atoms. The summed E-state index contributed by atoms with van der Waals surface area (Å²) >= 11 is 0. The van der Waals surface area contributed by atoms with Gasteiger partial charge in [-0.25, -0.2) is 4.79 Å². The molecule has 0 unspecified atom stereocenters. The van der Waals surface area contributed by atoms with Crippen LogP contribution in [-0.2, 0) is 9.53 Å². The second kappa shape index (κ2) is 2.69. The Hall–Kier alpha value is -1.05. The fourth-order valence-electron chi connectivity index (χ4n) is 0.752. The van der Waals surface area contributed by atoms with Crippen LogP contribution in [0.4, 0.5) is 0 Å². The van der Waals surface area contributed by atoms with Crippen molar-refractivity contribution in [3.63, 3.8) is 0 Å². The Morgan fingerprint density at radius 3 is 2.60 bits per heavy atom. The summed E-state index contributed by atoms with van der Waals surface area (Å²) in [6.45, 7) is 4.07. The zero-order chi connectivity index (χ0) is 7.56. The average molecular weight is 138 g/mol. The van der Waals surface area contributed by atoms with Crippen molar-refractivity contribution >= 4 is 5.97 Å². The molecule has 1 aliphatic heterocycles. The third-order valence-corrected chi connectivity index (χ3v) is 1.10. The molecule has 0 amide bonds. The molecule has 1 rings (SSSR count). The second-order valence-corrected chi connectivity index (χ2v) is 2.57. The van der Waals surface area contributed by atoms with E-state index in [0.29, 0.717) is 11.7 Å². The summed E-state index contributed by atoms with van der Waals surface area (Å²) in [4.78, 5) is 10.5.